The summed E-state index contributed by atoms with van der Waals surface area (Å²) in [5.74, 6) is -8.17. The second-order valence-electron chi connectivity index (χ2n) is 2.54. The summed E-state index contributed by atoms with van der Waals surface area (Å²) in [6, 6.07) is 0. The average Bonchev–Trinajstić information content (AvgIpc) is 1.76. The number of hydrogen-bond acceptors (Lipinski definition) is 0. The molecule has 0 spiro atoms. The fraction of sp³-hybridized carbons (Fsp3) is 0.667. The number of allylic oxidation sites excluding steroid dienone is 2. The molecule has 0 aromatic heterocycles. The molecule has 0 fully saturated rings. The van der Waals surface area contributed by atoms with Crippen LogP contribution in [0.4, 0.5) is 39.5 Å². The summed E-state index contributed by atoms with van der Waals surface area (Å²) >= 11 is 0. The van der Waals surface area contributed by atoms with Gasteiger partial charge in [-0.3, -0.25) is 0 Å². The molecule has 0 heterocycles. The molecule has 0 aliphatic heterocycles. The Morgan fingerprint density at radius 3 is 1.53 bits per heavy atom. The lowest BCUT2D eigenvalue weighted by molar-refractivity contribution is -0.177. The van der Waals surface area contributed by atoms with E-state index >= 15 is 0 Å². The minimum atomic E-state index is -5.71. The molecule has 0 nitrogen and oxygen atoms in total. The van der Waals surface area contributed by atoms with E-state index in [0.717, 1.165) is 0 Å². The largest absolute Gasteiger partial charge is 0.442 e. The van der Waals surface area contributed by atoms with E-state index < -0.39 is 36.6 Å². The first-order chi connectivity index (χ1) is 6.33. The molecular weight excluding hydrogens is 243 g/mol. The fourth-order valence-electron chi connectivity index (χ4n) is 0.586. The molecule has 0 atom stereocenters. The topological polar surface area (TPSA) is 0 Å². The van der Waals surface area contributed by atoms with Gasteiger partial charge in [-0.1, -0.05) is 0 Å². The molecule has 0 bridgehead atoms. The molecule has 0 aliphatic carbocycles. The smallest absolute Gasteiger partial charge is 0.202 e. The Kier molecular flexibility index (Phi) is 3.70. The molecule has 0 unspecified atom stereocenters. The summed E-state index contributed by atoms with van der Waals surface area (Å²) in [5, 5.41) is 0. The van der Waals surface area contributed by atoms with Gasteiger partial charge in [-0.05, 0) is 0 Å². The molecule has 15 heavy (non-hydrogen) atoms. The minimum absolute atomic E-state index is 1.39. The Balaban J connectivity index is 4.78. The van der Waals surface area contributed by atoms with Crippen molar-refractivity contribution < 1.29 is 39.5 Å². The van der Waals surface area contributed by atoms with Crippen LogP contribution in [0.15, 0.2) is 11.9 Å². The van der Waals surface area contributed by atoms with Crippen molar-refractivity contribution in [3.05, 3.63) is 11.9 Å². The van der Waals surface area contributed by atoms with E-state index in [-0.39, 0.29) is 0 Å². The molecule has 0 rings (SSSR count). The van der Waals surface area contributed by atoms with Crippen LogP contribution in [0.25, 0.3) is 0 Å². The van der Waals surface area contributed by atoms with Crippen molar-refractivity contribution in [3.8, 4) is 0 Å². The van der Waals surface area contributed by atoms with E-state index in [4.69, 9.17) is 0 Å². The third-order valence-electron chi connectivity index (χ3n) is 1.04. The maximum Gasteiger partial charge on any atom is 0.442 e. The van der Waals surface area contributed by atoms with Crippen molar-refractivity contribution in [1.29, 1.82) is 0 Å². The van der Waals surface area contributed by atoms with Crippen molar-refractivity contribution >= 4 is 0 Å². The first-order valence-corrected chi connectivity index (χ1v) is 3.24. The van der Waals surface area contributed by atoms with Crippen LogP contribution in [0.3, 0.4) is 0 Å². The third kappa shape index (κ3) is 6.24. The summed E-state index contributed by atoms with van der Waals surface area (Å²) in [7, 11) is 0. The molecule has 0 aliphatic rings. The summed E-state index contributed by atoms with van der Waals surface area (Å²) in [6.45, 7) is 0. The third-order valence-corrected chi connectivity index (χ3v) is 1.04. The van der Waals surface area contributed by atoms with Gasteiger partial charge in [0.1, 0.15) is 6.42 Å². The van der Waals surface area contributed by atoms with Crippen molar-refractivity contribution in [2.75, 3.05) is 0 Å². The quantitative estimate of drug-likeness (QED) is 0.646. The highest BCUT2D eigenvalue weighted by molar-refractivity contribution is 5.06. The second kappa shape index (κ2) is 3.93. The molecule has 0 radical (unpaired) electrons. The molecular formula is C6H3F9. The lowest BCUT2D eigenvalue weighted by atomic mass is 10.2. The zero-order valence-corrected chi connectivity index (χ0v) is 6.69. The molecule has 0 aromatic rings. The molecule has 9 heteroatoms. The summed E-state index contributed by atoms with van der Waals surface area (Å²) < 4.78 is 104. The van der Waals surface area contributed by atoms with Crippen molar-refractivity contribution in [1.82, 2.24) is 0 Å². The van der Waals surface area contributed by atoms with Crippen LogP contribution >= 0.6 is 0 Å². The zero-order chi connectivity index (χ0) is 12.5. The predicted octanol–water partition coefficient (Wildman–Crippen LogP) is 3.99. The molecule has 0 amide bonds. The number of rotatable bonds is 2. The molecule has 90 valence electrons. The molecule has 0 N–H and O–H groups in total. The van der Waals surface area contributed by atoms with Gasteiger partial charge in [0, 0.05) is 6.08 Å². The summed E-state index contributed by atoms with van der Waals surface area (Å²) in [5.41, 5.74) is 0. The van der Waals surface area contributed by atoms with Gasteiger partial charge in [-0.25, -0.2) is 13.2 Å². The average molecular weight is 246 g/mol. The molecule has 0 aromatic carbocycles. The maximum absolute atomic E-state index is 12.2. The Labute approximate surface area is 77.4 Å². The van der Waals surface area contributed by atoms with E-state index in [2.05, 4.69) is 0 Å². The van der Waals surface area contributed by atoms with Gasteiger partial charge in [-0.15, -0.1) is 0 Å². The van der Waals surface area contributed by atoms with E-state index in [1.807, 2.05) is 0 Å². The zero-order valence-electron chi connectivity index (χ0n) is 6.69. The number of hydrogen-bond donors (Lipinski definition) is 0. The van der Waals surface area contributed by atoms with Gasteiger partial charge < -0.3 is 0 Å². The Morgan fingerprint density at radius 2 is 1.27 bits per heavy atom. The lowest BCUT2D eigenvalue weighted by Crippen LogP contribution is -2.25. The van der Waals surface area contributed by atoms with Crippen LogP contribution in [0.5, 0.6) is 0 Å². The van der Waals surface area contributed by atoms with Crippen LogP contribution in [0.1, 0.15) is 6.42 Å². The van der Waals surface area contributed by atoms with Gasteiger partial charge in [0.15, 0.2) is 0 Å². The van der Waals surface area contributed by atoms with Gasteiger partial charge in [0.05, 0.1) is 0 Å². The summed E-state index contributed by atoms with van der Waals surface area (Å²) in [4.78, 5) is 0. The Bertz CT molecular complexity index is 242. The van der Waals surface area contributed by atoms with E-state index in [1.54, 1.807) is 0 Å². The maximum atomic E-state index is 12.2. The predicted molar refractivity (Wildman–Crippen MR) is 30.9 cm³/mol. The monoisotopic (exact) mass is 246 g/mol. The van der Waals surface area contributed by atoms with Crippen LogP contribution in [-0.2, 0) is 0 Å². The van der Waals surface area contributed by atoms with Crippen LogP contribution in [-0.4, -0.2) is 18.3 Å². The van der Waals surface area contributed by atoms with Crippen LogP contribution < -0.4 is 0 Å². The van der Waals surface area contributed by atoms with Crippen LogP contribution in [0.2, 0.25) is 0 Å². The normalized spacial score (nSPS) is 15.7. The van der Waals surface area contributed by atoms with Crippen molar-refractivity contribution in [3.63, 3.8) is 0 Å². The molecule has 0 saturated heterocycles. The van der Waals surface area contributed by atoms with Crippen LogP contribution in [0, 0.1) is 0 Å². The highest BCUT2D eigenvalue weighted by atomic mass is 19.4. The fourth-order valence-corrected chi connectivity index (χ4v) is 0.586. The van der Waals surface area contributed by atoms with E-state index in [0.29, 0.717) is 0 Å². The number of alkyl halides is 8. The minimum Gasteiger partial charge on any atom is -0.202 e. The Morgan fingerprint density at radius 1 is 0.867 bits per heavy atom. The Hall–Kier alpha value is -0.890. The SMILES string of the molecule is F/C(=C\C(F)(F)CC(F)(F)F)C(F)(F)F. The van der Waals surface area contributed by atoms with Gasteiger partial charge in [-0.2, -0.15) is 26.3 Å². The van der Waals surface area contributed by atoms with Gasteiger partial charge in [0.25, 0.3) is 5.92 Å². The van der Waals surface area contributed by atoms with Gasteiger partial charge >= 0.3 is 12.4 Å². The highest BCUT2D eigenvalue weighted by Gasteiger charge is 2.45. The standard InChI is InChI=1S/C6H3F9/c7-3(6(13,14)15)1-4(8,9)2-5(10,11)12/h1H,2H2/b3-1-. The van der Waals surface area contributed by atoms with E-state index in [1.165, 1.54) is 0 Å². The first kappa shape index (κ1) is 14.1. The lowest BCUT2D eigenvalue weighted by Gasteiger charge is -2.15. The van der Waals surface area contributed by atoms with E-state index in [9.17, 15) is 39.5 Å². The highest BCUT2D eigenvalue weighted by Crippen LogP contribution is 2.36. The second-order valence-corrected chi connectivity index (χ2v) is 2.54. The first-order valence-electron chi connectivity index (χ1n) is 3.24. The van der Waals surface area contributed by atoms with Crippen molar-refractivity contribution in [2.45, 2.75) is 24.7 Å². The van der Waals surface area contributed by atoms with Crippen molar-refractivity contribution in [2.24, 2.45) is 0 Å². The number of halogens is 9. The molecule has 0 saturated carbocycles. The summed E-state index contributed by atoms with van der Waals surface area (Å²) in [6.07, 6.45) is -15.3. The van der Waals surface area contributed by atoms with Gasteiger partial charge in [0.2, 0.25) is 5.83 Å².